The van der Waals surface area contributed by atoms with Crippen molar-refractivity contribution in [3.05, 3.63) is 102 Å². The highest BCUT2D eigenvalue weighted by molar-refractivity contribution is 5.79. The van der Waals surface area contributed by atoms with Gasteiger partial charge in [0.2, 0.25) is 0 Å². The van der Waals surface area contributed by atoms with E-state index >= 15 is 0 Å². The maximum absolute atomic E-state index is 13.3. The van der Waals surface area contributed by atoms with Crippen molar-refractivity contribution in [1.82, 2.24) is 14.3 Å². The van der Waals surface area contributed by atoms with E-state index in [0.717, 1.165) is 30.6 Å². The molecular weight excluding hydrogens is 422 g/mol. The van der Waals surface area contributed by atoms with Crippen molar-refractivity contribution >= 4 is 17.3 Å². The number of benzene rings is 2. The maximum atomic E-state index is 13.3. The second-order valence-corrected chi connectivity index (χ2v) is 9.48. The Kier molecular flexibility index (Phi) is 4.37. The monoisotopic (exact) mass is 447 g/mol. The van der Waals surface area contributed by atoms with Crippen LogP contribution in [0.4, 0.5) is 4.79 Å². The lowest BCUT2D eigenvalue weighted by Crippen LogP contribution is -2.43. The normalized spacial score (nSPS) is 20.8. The van der Waals surface area contributed by atoms with E-state index in [-0.39, 0.29) is 24.1 Å². The van der Waals surface area contributed by atoms with E-state index in [1.54, 1.807) is 0 Å². The van der Waals surface area contributed by atoms with Gasteiger partial charge in [-0.05, 0) is 59.2 Å². The number of hydrogen-bond acceptors (Lipinski definition) is 3. The second kappa shape index (κ2) is 7.59. The molecule has 0 spiro atoms. The number of ether oxygens (including phenoxy) is 1. The number of carbonyl (C=O) groups is 1. The molecule has 168 valence electrons. The van der Waals surface area contributed by atoms with Crippen molar-refractivity contribution in [2.24, 2.45) is 0 Å². The Morgan fingerprint density at radius 1 is 0.941 bits per heavy atom. The van der Waals surface area contributed by atoms with Gasteiger partial charge in [0.15, 0.2) is 0 Å². The molecule has 1 fully saturated rings. The van der Waals surface area contributed by atoms with E-state index in [1.807, 2.05) is 29.3 Å². The summed E-state index contributed by atoms with van der Waals surface area (Å²) in [5.74, 6) is 0.0862. The maximum Gasteiger partial charge on any atom is 0.410 e. The van der Waals surface area contributed by atoms with Crippen LogP contribution in [0.3, 0.4) is 0 Å². The number of aromatic nitrogens is 2. The Labute approximate surface area is 198 Å². The van der Waals surface area contributed by atoms with Crippen LogP contribution in [0.5, 0.6) is 0 Å². The minimum Gasteiger partial charge on any atom is -0.448 e. The lowest BCUT2D eigenvalue weighted by Gasteiger charge is -2.33. The summed E-state index contributed by atoms with van der Waals surface area (Å²) in [7, 11) is 0. The third kappa shape index (κ3) is 2.93. The Balaban J connectivity index is 1.12. The summed E-state index contributed by atoms with van der Waals surface area (Å²) >= 11 is 0. The van der Waals surface area contributed by atoms with Crippen molar-refractivity contribution in [2.45, 2.75) is 37.3 Å². The van der Waals surface area contributed by atoms with Gasteiger partial charge >= 0.3 is 6.09 Å². The highest BCUT2D eigenvalue weighted by Gasteiger charge is 2.41. The van der Waals surface area contributed by atoms with Crippen LogP contribution in [0, 0.1) is 0 Å². The lowest BCUT2D eigenvalue weighted by molar-refractivity contribution is 0.0866. The molecule has 1 amide bonds. The molecule has 4 heterocycles. The summed E-state index contributed by atoms with van der Waals surface area (Å²) in [5.41, 5.74) is 8.33. The van der Waals surface area contributed by atoms with E-state index in [0.29, 0.717) is 6.61 Å². The van der Waals surface area contributed by atoms with E-state index in [9.17, 15) is 4.79 Å². The Morgan fingerprint density at radius 2 is 1.68 bits per heavy atom. The summed E-state index contributed by atoms with van der Waals surface area (Å²) in [5, 5.41) is 0. The fraction of sp³-hybridized carbons (Fsp3) is 0.241. The molecule has 0 radical (unpaired) electrons. The first-order chi connectivity index (χ1) is 16.8. The molecule has 7 rings (SSSR count). The standard InChI is InChI=1S/C29H25N3O2/c33-29(34-18-26-24-9-3-1-7-22(24)23-8-2-4-10-25(23)26)32-20-12-13-21(32)16-19(15-20)27-17-30-28-11-5-6-14-31(27)28/h1-11,14-15,17,20-21,26H,12-13,16,18H2. The predicted octanol–water partition coefficient (Wildman–Crippen LogP) is 5.90. The molecule has 1 aliphatic carbocycles. The molecule has 34 heavy (non-hydrogen) atoms. The van der Waals surface area contributed by atoms with Crippen LogP contribution in [0.2, 0.25) is 0 Å². The third-order valence-corrected chi connectivity index (χ3v) is 7.69. The molecular formula is C29H25N3O2. The number of nitrogens with zero attached hydrogens (tertiary/aromatic N) is 3. The van der Waals surface area contributed by atoms with Gasteiger partial charge in [-0.15, -0.1) is 0 Å². The Morgan fingerprint density at radius 3 is 2.44 bits per heavy atom. The van der Waals surface area contributed by atoms with Crippen molar-refractivity contribution in [3.63, 3.8) is 0 Å². The first-order valence-corrected chi connectivity index (χ1v) is 12.0. The number of amides is 1. The zero-order valence-electron chi connectivity index (χ0n) is 18.8. The topological polar surface area (TPSA) is 46.8 Å². The average molecular weight is 448 g/mol. The first-order valence-electron chi connectivity index (χ1n) is 12.0. The summed E-state index contributed by atoms with van der Waals surface area (Å²) < 4.78 is 8.13. The zero-order valence-corrected chi connectivity index (χ0v) is 18.8. The van der Waals surface area contributed by atoms with Crippen LogP contribution < -0.4 is 0 Å². The number of imidazole rings is 1. The van der Waals surface area contributed by atoms with E-state index < -0.39 is 0 Å². The first kappa shape index (κ1) is 19.6. The van der Waals surface area contributed by atoms with Gasteiger partial charge in [-0.3, -0.25) is 4.90 Å². The van der Waals surface area contributed by atoms with E-state index in [2.05, 4.69) is 70.2 Å². The molecule has 2 atom stereocenters. The fourth-order valence-electron chi connectivity index (χ4n) is 6.14. The summed E-state index contributed by atoms with van der Waals surface area (Å²) in [6.07, 6.45) is 8.88. The SMILES string of the molecule is O=C(OCC1c2ccccc2-c2ccccc21)N1C2C=C(c3cnc4ccccn34)CC1CC2. The summed E-state index contributed by atoms with van der Waals surface area (Å²) in [6, 6.07) is 23.2. The van der Waals surface area contributed by atoms with Crippen LogP contribution in [0.25, 0.3) is 22.3 Å². The van der Waals surface area contributed by atoms with Crippen LogP contribution in [-0.4, -0.2) is 39.1 Å². The van der Waals surface area contributed by atoms with Gasteiger partial charge in [-0.25, -0.2) is 9.78 Å². The smallest absolute Gasteiger partial charge is 0.410 e. The predicted molar refractivity (Wildman–Crippen MR) is 132 cm³/mol. The summed E-state index contributed by atoms with van der Waals surface area (Å²) in [6.45, 7) is 0.368. The minimum atomic E-state index is -0.192. The molecule has 2 aliphatic heterocycles. The molecule has 3 aliphatic rings. The molecule has 2 unspecified atom stereocenters. The third-order valence-electron chi connectivity index (χ3n) is 7.69. The van der Waals surface area contributed by atoms with Crippen LogP contribution in [0.1, 0.15) is 42.0 Å². The molecule has 5 nitrogen and oxygen atoms in total. The van der Waals surface area contributed by atoms with Gasteiger partial charge in [-0.2, -0.15) is 0 Å². The van der Waals surface area contributed by atoms with Crippen LogP contribution >= 0.6 is 0 Å². The molecule has 0 N–H and O–H groups in total. The molecule has 5 heteroatoms. The fourth-order valence-corrected chi connectivity index (χ4v) is 6.14. The minimum absolute atomic E-state index is 0.0821. The number of fused-ring (bicyclic) bond motifs is 6. The molecule has 1 saturated heterocycles. The van der Waals surface area contributed by atoms with Gasteiger partial charge in [0, 0.05) is 18.2 Å². The van der Waals surface area contributed by atoms with Crippen LogP contribution in [0.15, 0.2) is 85.2 Å². The van der Waals surface area contributed by atoms with Gasteiger partial charge in [0.1, 0.15) is 12.3 Å². The van der Waals surface area contributed by atoms with Crippen LogP contribution in [-0.2, 0) is 4.74 Å². The molecule has 4 aromatic rings. The van der Waals surface area contributed by atoms with E-state index in [1.165, 1.54) is 27.8 Å². The second-order valence-electron chi connectivity index (χ2n) is 9.48. The van der Waals surface area contributed by atoms with Crippen molar-refractivity contribution < 1.29 is 9.53 Å². The van der Waals surface area contributed by atoms with Gasteiger partial charge in [-0.1, -0.05) is 60.7 Å². The molecule has 2 aromatic heterocycles. The highest BCUT2D eigenvalue weighted by atomic mass is 16.6. The van der Waals surface area contributed by atoms with Crippen molar-refractivity contribution in [1.29, 1.82) is 0 Å². The molecule has 2 aromatic carbocycles. The largest absolute Gasteiger partial charge is 0.448 e. The van der Waals surface area contributed by atoms with Crippen molar-refractivity contribution in [3.8, 4) is 11.1 Å². The zero-order chi connectivity index (χ0) is 22.6. The Hall–Kier alpha value is -3.86. The lowest BCUT2D eigenvalue weighted by atomic mass is 9.98. The van der Waals surface area contributed by atoms with Gasteiger partial charge in [0.25, 0.3) is 0 Å². The number of carbonyl (C=O) groups excluding carboxylic acids is 1. The summed E-state index contributed by atoms with van der Waals surface area (Å²) in [4.78, 5) is 19.8. The van der Waals surface area contributed by atoms with E-state index in [4.69, 9.17) is 4.74 Å². The number of rotatable bonds is 3. The highest BCUT2D eigenvalue weighted by Crippen LogP contribution is 2.45. The van der Waals surface area contributed by atoms with Crippen molar-refractivity contribution in [2.75, 3.05) is 6.61 Å². The van der Waals surface area contributed by atoms with Gasteiger partial charge in [0.05, 0.1) is 17.9 Å². The number of pyridine rings is 1. The molecule has 2 bridgehead atoms. The average Bonchev–Trinajstić information content (AvgIpc) is 3.53. The van der Waals surface area contributed by atoms with Gasteiger partial charge < -0.3 is 9.14 Å². The molecule has 0 saturated carbocycles. The quantitative estimate of drug-likeness (QED) is 0.393. The Bertz CT molecular complexity index is 1410. The number of hydrogen-bond donors (Lipinski definition) is 0.